The second-order valence-electron chi connectivity index (χ2n) is 5.80. The third-order valence-electron chi connectivity index (χ3n) is 4.01. The Hall–Kier alpha value is -2.68. The van der Waals surface area contributed by atoms with Gasteiger partial charge in [-0.15, -0.1) is 11.8 Å². The van der Waals surface area contributed by atoms with E-state index < -0.39 is 41.4 Å². The maximum atomic E-state index is 13.2. The van der Waals surface area contributed by atoms with Gasteiger partial charge in [0.25, 0.3) is 0 Å². The third-order valence-corrected chi connectivity index (χ3v) is 5.29. The highest BCUT2D eigenvalue weighted by Crippen LogP contribution is 2.41. The summed E-state index contributed by atoms with van der Waals surface area (Å²) in [6, 6.07) is 5.18. The molecule has 2 aromatic rings. The minimum Gasteiger partial charge on any atom is -0.466 e. The standard InChI is InChI=1S/C18H15F2NO5S/c1-10(22)21-14(9-27-17(21)16-3-2-6-25-16)18(24)26-8-15(23)11-4-5-12(19)13(20)7-11/h2-7,14,17H,8-9H2,1H3/t14-,17-/m1/s1. The van der Waals surface area contributed by atoms with E-state index in [0.717, 1.165) is 18.2 Å². The Bertz CT molecular complexity index is 871. The fraction of sp³-hybridized carbons (Fsp3) is 0.278. The molecule has 1 aromatic carbocycles. The van der Waals surface area contributed by atoms with Gasteiger partial charge >= 0.3 is 5.97 Å². The van der Waals surface area contributed by atoms with Crippen LogP contribution in [0.4, 0.5) is 8.78 Å². The average molecular weight is 395 g/mol. The zero-order valence-electron chi connectivity index (χ0n) is 14.2. The summed E-state index contributed by atoms with van der Waals surface area (Å²) in [5.74, 6) is -3.19. The van der Waals surface area contributed by atoms with Crippen molar-refractivity contribution >= 4 is 29.4 Å². The number of carbonyl (C=O) groups is 3. The van der Waals surface area contributed by atoms with E-state index in [1.54, 1.807) is 12.1 Å². The number of hydrogen-bond acceptors (Lipinski definition) is 6. The maximum Gasteiger partial charge on any atom is 0.330 e. The number of ether oxygens (including phenoxy) is 1. The maximum absolute atomic E-state index is 13.2. The highest BCUT2D eigenvalue weighted by atomic mass is 32.2. The van der Waals surface area contributed by atoms with Crippen molar-refractivity contribution in [3.8, 4) is 0 Å². The smallest absolute Gasteiger partial charge is 0.330 e. The predicted molar refractivity (Wildman–Crippen MR) is 91.9 cm³/mol. The zero-order valence-corrected chi connectivity index (χ0v) is 15.0. The number of Topliss-reactive ketones (excluding diaryl/α,β-unsaturated/α-hetero) is 1. The molecule has 9 heteroatoms. The lowest BCUT2D eigenvalue weighted by molar-refractivity contribution is -0.152. The monoisotopic (exact) mass is 395 g/mol. The lowest BCUT2D eigenvalue weighted by Crippen LogP contribution is -2.43. The van der Waals surface area contributed by atoms with E-state index >= 15 is 0 Å². The van der Waals surface area contributed by atoms with Gasteiger partial charge in [-0.25, -0.2) is 13.6 Å². The first-order chi connectivity index (χ1) is 12.9. The lowest BCUT2D eigenvalue weighted by Gasteiger charge is -2.25. The molecule has 3 rings (SSSR count). The van der Waals surface area contributed by atoms with Gasteiger partial charge in [0.2, 0.25) is 5.91 Å². The molecule has 2 heterocycles. The average Bonchev–Trinajstić information content (AvgIpc) is 3.30. The number of carbonyl (C=O) groups excluding carboxylic acids is 3. The summed E-state index contributed by atoms with van der Waals surface area (Å²) in [5, 5.41) is -0.461. The highest BCUT2D eigenvalue weighted by molar-refractivity contribution is 7.99. The first kappa shape index (κ1) is 19.1. The molecule has 6 nitrogen and oxygen atoms in total. The van der Waals surface area contributed by atoms with Gasteiger partial charge in [0.15, 0.2) is 24.0 Å². The summed E-state index contributed by atoms with van der Waals surface area (Å²) in [6.45, 7) is 0.691. The third kappa shape index (κ3) is 4.02. The molecule has 1 fully saturated rings. The number of nitrogens with zero attached hydrogens (tertiary/aromatic N) is 1. The van der Waals surface area contributed by atoms with Crippen LogP contribution in [0.2, 0.25) is 0 Å². The first-order valence-electron chi connectivity index (χ1n) is 7.97. The molecule has 2 atom stereocenters. The van der Waals surface area contributed by atoms with Crippen LogP contribution in [0.1, 0.15) is 28.4 Å². The van der Waals surface area contributed by atoms with E-state index in [9.17, 15) is 23.2 Å². The summed E-state index contributed by atoms with van der Waals surface area (Å²) in [4.78, 5) is 37.8. The van der Waals surface area contributed by atoms with Gasteiger partial charge in [-0.2, -0.15) is 0 Å². The molecule has 1 amide bonds. The van der Waals surface area contributed by atoms with Crippen LogP contribution in [-0.2, 0) is 14.3 Å². The van der Waals surface area contributed by atoms with Crippen molar-refractivity contribution in [3.63, 3.8) is 0 Å². The topological polar surface area (TPSA) is 76.8 Å². The molecule has 142 valence electrons. The molecule has 0 radical (unpaired) electrons. The number of esters is 1. The SMILES string of the molecule is CC(=O)N1[C@@H](C(=O)OCC(=O)c2ccc(F)c(F)c2)CS[C@@H]1c1ccco1. The van der Waals surface area contributed by atoms with E-state index in [0.29, 0.717) is 5.76 Å². The van der Waals surface area contributed by atoms with Crippen LogP contribution in [0.5, 0.6) is 0 Å². The van der Waals surface area contributed by atoms with Gasteiger partial charge in [0, 0.05) is 18.2 Å². The second-order valence-corrected chi connectivity index (χ2v) is 6.92. The Balaban J connectivity index is 1.65. The van der Waals surface area contributed by atoms with Gasteiger partial charge in [0.1, 0.15) is 17.2 Å². The molecule has 0 N–H and O–H groups in total. The van der Waals surface area contributed by atoms with Crippen LogP contribution in [0.25, 0.3) is 0 Å². The molecule has 1 aliphatic rings. The number of halogens is 2. The van der Waals surface area contributed by atoms with Crippen molar-refractivity contribution in [3.05, 3.63) is 59.6 Å². The molecular formula is C18H15F2NO5S. The molecule has 1 aromatic heterocycles. The van der Waals surface area contributed by atoms with Crippen LogP contribution in [0, 0.1) is 11.6 Å². The van der Waals surface area contributed by atoms with Crippen LogP contribution in [0.3, 0.4) is 0 Å². The van der Waals surface area contributed by atoms with Gasteiger partial charge in [-0.1, -0.05) is 0 Å². The number of amides is 1. The first-order valence-corrected chi connectivity index (χ1v) is 9.02. The van der Waals surface area contributed by atoms with E-state index in [4.69, 9.17) is 9.15 Å². The van der Waals surface area contributed by atoms with E-state index in [1.807, 2.05) is 0 Å². The molecule has 0 unspecified atom stereocenters. The van der Waals surface area contributed by atoms with E-state index in [-0.39, 0.29) is 17.2 Å². The van der Waals surface area contributed by atoms with E-state index in [2.05, 4.69) is 0 Å². The van der Waals surface area contributed by atoms with Crippen molar-refractivity contribution < 1.29 is 32.3 Å². The van der Waals surface area contributed by atoms with Crippen molar-refractivity contribution in [2.24, 2.45) is 0 Å². The van der Waals surface area contributed by atoms with Crippen molar-refractivity contribution in [2.75, 3.05) is 12.4 Å². The Morgan fingerprint density at radius 1 is 1.26 bits per heavy atom. The largest absolute Gasteiger partial charge is 0.466 e. The summed E-state index contributed by atoms with van der Waals surface area (Å²) in [6.07, 6.45) is 1.47. The normalized spacial score (nSPS) is 19.1. The summed E-state index contributed by atoms with van der Waals surface area (Å²) in [7, 11) is 0. The Labute approximate surface area is 157 Å². The molecule has 0 saturated carbocycles. The fourth-order valence-electron chi connectivity index (χ4n) is 2.71. The fourth-order valence-corrected chi connectivity index (χ4v) is 4.12. The van der Waals surface area contributed by atoms with Crippen LogP contribution in [-0.4, -0.2) is 41.0 Å². The summed E-state index contributed by atoms with van der Waals surface area (Å²) >= 11 is 1.34. The molecule has 0 spiro atoms. The molecule has 0 aliphatic carbocycles. The molecule has 27 heavy (non-hydrogen) atoms. The van der Waals surface area contributed by atoms with Gasteiger partial charge in [-0.3, -0.25) is 9.59 Å². The number of benzene rings is 1. The van der Waals surface area contributed by atoms with Crippen LogP contribution in [0.15, 0.2) is 41.0 Å². The summed E-state index contributed by atoms with van der Waals surface area (Å²) < 4.78 is 36.5. The van der Waals surface area contributed by atoms with E-state index in [1.165, 1.54) is 29.8 Å². The van der Waals surface area contributed by atoms with Crippen molar-refractivity contribution in [1.82, 2.24) is 4.90 Å². The number of furan rings is 1. The number of ketones is 1. The molecule has 1 saturated heterocycles. The van der Waals surface area contributed by atoms with Crippen molar-refractivity contribution in [2.45, 2.75) is 18.3 Å². The van der Waals surface area contributed by atoms with Crippen LogP contribution < -0.4 is 0 Å². The Morgan fingerprint density at radius 2 is 2.04 bits per heavy atom. The second kappa shape index (κ2) is 7.91. The lowest BCUT2D eigenvalue weighted by atomic mass is 10.1. The quantitative estimate of drug-likeness (QED) is 0.572. The zero-order chi connectivity index (χ0) is 19.6. The minimum atomic E-state index is -1.16. The van der Waals surface area contributed by atoms with Crippen molar-refractivity contribution in [1.29, 1.82) is 0 Å². The predicted octanol–water partition coefficient (Wildman–Crippen LogP) is 2.95. The highest BCUT2D eigenvalue weighted by Gasteiger charge is 2.43. The van der Waals surface area contributed by atoms with Gasteiger partial charge in [-0.05, 0) is 30.3 Å². The molecular weight excluding hydrogens is 380 g/mol. The minimum absolute atomic E-state index is 0.112. The van der Waals surface area contributed by atoms with Gasteiger partial charge < -0.3 is 14.1 Å². The number of thioether (sulfide) groups is 1. The Morgan fingerprint density at radius 3 is 2.67 bits per heavy atom. The number of rotatable bonds is 5. The molecule has 1 aliphatic heterocycles. The number of hydrogen-bond donors (Lipinski definition) is 0. The van der Waals surface area contributed by atoms with Crippen LogP contribution >= 0.6 is 11.8 Å². The van der Waals surface area contributed by atoms with Gasteiger partial charge in [0.05, 0.1) is 6.26 Å². The Kier molecular flexibility index (Phi) is 5.59. The molecule has 0 bridgehead atoms. The summed E-state index contributed by atoms with van der Waals surface area (Å²) in [5.41, 5.74) is -0.112.